The van der Waals surface area contributed by atoms with E-state index in [2.05, 4.69) is 20.2 Å². The molecule has 0 atom stereocenters. The topological polar surface area (TPSA) is 95.1 Å². The molecule has 0 radical (unpaired) electrons. The standard InChI is InChI=1S/C27H22F3N5O3/c1-2-6-23(36)31-19-8-5-7-17(15-19)16-35-22-10-4-3-9-21(22)24(33-35)26-32-25(34-38-26)18-11-13-20(14-12-18)37-27(28,29)30/h3-5,7-15H,2,6,16H2,1H3,(H,31,36). The fourth-order valence-electron chi connectivity index (χ4n) is 4.02. The van der Waals surface area contributed by atoms with Crippen molar-refractivity contribution in [1.82, 2.24) is 19.9 Å². The molecule has 0 fully saturated rings. The third-order valence-electron chi connectivity index (χ3n) is 5.65. The molecule has 0 unspecified atom stereocenters. The predicted octanol–water partition coefficient (Wildman–Crippen LogP) is 6.44. The summed E-state index contributed by atoms with van der Waals surface area (Å²) in [7, 11) is 0. The van der Waals surface area contributed by atoms with Crippen LogP contribution in [-0.2, 0) is 11.3 Å². The number of nitrogens with zero attached hydrogens (tertiary/aromatic N) is 4. The zero-order valence-corrected chi connectivity index (χ0v) is 20.2. The Balaban J connectivity index is 1.41. The van der Waals surface area contributed by atoms with E-state index in [-0.39, 0.29) is 23.4 Å². The highest BCUT2D eigenvalue weighted by Crippen LogP contribution is 2.30. The zero-order valence-electron chi connectivity index (χ0n) is 20.2. The van der Waals surface area contributed by atoms with Crippen molar-refractivity contribution >= 4 is 22.5 Å². The molecule has 5 aromatic rings. The van der Waals surface area contributed by atoms with Gasteiger partial charge in [0.2, 0.25) is 11.7 Å². The fraction of sp³-hybridized carbons (Fsp3) is 0.185. The van der Waals surface area contributed by atoms with Crippen molar-refractivity contribution in [2.45, 2.75) is 32.7 Å². The summed E-state index contributed by atoms with van der Waals surface area (Å²) in [6, 6.07) is 20.3. The number of nitrogens with one attached hydrogen (secondary N) is 1. The number of benzene rings is 3. The van der Waals surface area contributed by atoms with Crippen LogP contribution in [0.25, 0.3) is 33.9 Å². The van der Waals surface area contributed by atoms with E-state index in [1.54, 1.807) is 0 Å². The summed E-state index contributed by atoms with van der Waals surface area (Å²) in [6.07, 6.45) is -3.55. The number of fused-ring (bicyclic) bond motifs is 1. The Hall–Kier alpha value is -4.67. The van der Waals surface area contributed by atoms with Crippen molar-refractivity contribution < 1.29 is 27.2 Å². The average Bonchev–Trinajstić information content (AvgIpc) is 3.50. The molecule has 0 saturated heterocycles. The number of alkyl halides is 3. The first-order valence-electron chi connectivity index (χ1n) is 11.8. The molecule has 0 saturated carbocycles. The number of hydrogen-bond acceptors (Lipinski definition) is 6. The highest BCUT2D eigenvalue weighted by molar-refractivity contribution is 5.92. The Labute approximate surface area is 215 Å². The maximum absolute atomic E-state index is 12.4. The van der Waals surface area contributed by atoms with Gasteiger partial charge in [0.05, 0.1) is 12.1 Å². The molecule has 2 aromatic heterocycles. The van der Waals surface area contributed by atoms with Crippen molar-refractivity contribution in [3.8, 4) is 28.7 Å². The summed E-state index contributed by atoms with van der Waals surface area (Å²) in [5.41, 5.74) is 3.43. The molecule has 3 aromatic carbocycles. The lowest BCUT2D eigenvalue weighted by molar-refractivity contribution is -0.274. The number of aromatic nitrogens is 4. The van der Waals surface area contributed by atoms with Crippen LogP contribution >= 0.6 is 0 Å². The third kappa shape index (κ3) is 5.66. The molecular formula is C27H22F3N5O3. The molecule has 38 heavy (non-hydrogen) atoms. The summed E-state index contributed by atoms with van der Waals surface area (Å²) in [6.45, 7) is 2.38. The monoisotopic (exact) mass is 521 g/mol. The highest BCUT2D eigenvalue weighted by Gasteiger charge is 2.31. The van der Waals surface area contributed by atoms with Crippen LogP contribution in [0.3, 0.4) is 0 Å². The van der Waals surface area contributed by atoms with Crippen LogP contribution in [0.1, 0.15) is 25.3 Å². The summed E-state index contributed by atoms with van der Waals surface area (Å²) in [4.78, 5) is 16.4. The molecule has 11 heteroatoms. The van der Waals surface area contributed by atoms with Gasteiger partial charge in [-0.05, 0) is 54.4 Å². The molecule has 5 rings (SSSR count). The summed E-state index contributed by atoms with van der Waals surface area (Å²) in [5, 5.41) is 12.4. The van der Waals surface area contributed by atoms with Crippen molar-refractivity contribution in [2.75, 3.05) is 5.32 Å². The Morgan fingerprint density at radius 1 is 1.05 bits per heavy atom. The Morgan fingerprint density at radius 3 is 2.61 bits per heavy atom. The minimum Gasteiger partial charge on any atom is -0.406 e. The Kier molecular flexibility index (Phi) is 6.82. The number of rotatable bonds is 8. The fourth-order valence-corrected chi connectivity index (χ4v) is 4.02. The summed E-state index contributed by atoms with van der Waals surface area (Å²) >= 11 is 0. The van der Waals surface area contributed by atoms with Gasteiger partial charge in [0.25, 0.3) is 5.89 Å². The van der Waals surface area contributed by atoms with E-state index in [0.717, 1.165) is 22.9 Å². The second-order valence-corrected chi connectivity index (χ2v) is 8.52. The summed E-state index contributed by atoms with van der Waals surface area (Å²) < 4.78 is 48.5. The molecule has 194 valence electrons. The molecule has 0 aliphatic heterocycles. The van der Waals surface area contributed by atoms with Crippen LogP contribution in [-0.4, -0.2) is 32.2 Å². The van der Waals surface area contributed by atoms with Gasteiger partial charge in [0.15, 0.2) is 5.69 Å². The number of hydrogen-bond donors (Lipinski definition) is 1. The van der Waals surface area contributed by atoms with Crippen LogP contribution in [0.5, 0.6) is 5.75 Å². The lowest BCUT2D eigenvalue weighted by Crippen LogP contribution is -2.16. The number of carbonyl (C=O) groups excluding carboxylic acids is 1. The van der Waals surface area contributed by atoms with E-state index in [9.17, 15) is 18.0 Å². The van der Waals surface area contributed by atoms with Crippen molar-refractivity contribution in [3.63, 3.8) is 0 Å². The minimum atomic E-state index is -4.77. The van der Waals surface area contributed by atoms with E-state index < -0.39 is 6.36 Å². The first kappa shape index (κ1) is 25.0. The van der Waals surface area contributed by atoms with Gasteiger partial charge in [-0.25, -0.2) is 0 Å². The van der Waals surface area contributed by atoms with Crippen molar-refractivity contribution in [3.05, 3.63) is 78.4 Å². The van der Waals surface area contributed by atoms with Gasteiger partial charge in [0.1, 0.15) is 5.75 Å². The number of amides is 1. The lowest BCUT2D eigenvalue weighted by Gasteiger charge is -2.08. The van der Waals surface area contributed by atoms with Crippen LogP contribution in [0.2, 0.25) is 0 Å². The molecule has 1 amide bonds. The van der Waals surface area contributed by atoms with Crippen LogP contribution in [0.4, 0.5) is 18.9 Å². The normalized spacial score (nSPS) is 11.6. The SMILES string of the molecule is CCCC(=O)Nc1cccc(Cn2nc(-c3nc(-c4ccc(OC(F)(F)F)cc4)no3)c3ccccc32)c1. The number of anilines is 1. The van der Waals surface area contributed by atoms with Gasteiger partial charge in [-0.15, -0.1) is 13.2 Å². The van der Waals surface area contributed by atoms with Gasteiger partial charge in [-0.3, -0.25) is 9.48 Å². The lowest BCUT2D eigenvalue weighted by atomic mass is 10.2. The van der Waals surface area contributed by atoms with E-state index in [0.29, 0.717) is 29.9 Å². The number of ether oxygens (including phenoxy) is 1. The molecule has 0 bridgehead atoms. The first-order valence-corrected chi connectivity index (χ1v) is 11.8. The van der Waals surface area contributed by atoms with E-state index in [1.165, 1.54) is 24.3 Å². The van der Waals surface area contributed by atoms with E-state index in [4.69, 9.17) is 9.62 Å². The smallest absolute Gasteiger partial charge is 0.406 e. The predicted molar refractivity (Wildman–Crippen MR) is 134 cm³/mol. The second kappa shape index (κ2) is 10.4. The zero-order chi connectivity index (χ0) is 26.7. The van der Waals surface area contributed by atoms with Crippen LogP contribution < -0.4 is 10.1 Å². The van der Waals surface area contributed by atoms with Gasteiger partial charge >= 0.3 is 6.36 Å². The van der Waals surface area contributed by atoms with Gasteiger partial charge in [-0.1, -0.05) is 42.4 Å². The Bertz CT molecular complexity index is 1580. The van der Waals surface area contributed by atoms with Crippen LogP contribution in [0.15, 0.2) is 77.3 Å². The van der Waals surface area contributed by atoms with E-state index in [1.807, 2.05) is 60.1 Å². The number of halogens is 3. The minimum absolute atomic E-state index is 0.0359. The summed E-state index contributed by atoms with van der Waals surface area (Å²) in [5.74, 6) is -0.00578. The van der Waals surface area contributed by atoms with Gasteiger partial charge in [0, 0.05) is 23.1 Å². The number of para-hydroxylation sites is 1. The van der Waals surface area contributed by atoms with Crippen molar-refractivity contribution in [1.29, 1.82) is 0 Å². The maximum atomic E-state index is 12.4. The quantitative estimate of drug-likeness (QED) is 0.253. The molecule has 2 heterocycles. The third-order valence-corrected chi connectivity index (χ3v) is 5.65. The largest absolute Gasteiger partial charge is 0.573 e. The van der Waals surface area contributed by atoms with Gasteiger partial charge in [-0.2, -0.15) is 10.1 Å². The molecule has 1 N–H and O–H groups in total. The van der Waals surface area contributed by atoms with Crippen LogP contribution in [0, 0.1) is 0 Å². The Morgan fingerprint density at radius 2 is 1.84 bits per heavy atom. The number of carbonyl (C=O) groups is 1. The first-order chi connectivity index (χ1) is 18.3. The van der Waals surface area contributed by atoms with Gasteiger partial charge < -0.3 is 14.6 Å². The average molecular weight is 521 g/mol. The molecule has 0 aliphatic rings. The molecule has 0 spiro atoms. The highest BCUT2D eigenvalue weighted by atomic mass is 19.4. The van der Waals surface area contributed by atoms with E-state index >= 15 is 0 Å². The van der Waals surface area contributed by atoms with Crippen molar-refractivity contribution in [2.24, 2.45) is 0 Å². The molecule has 0 aliphatic carbocycles. The molecule has 8 nitrogen and oxygen atoms in total. The second-order valence-electron chi connectivity index (χ2n) is 8.52. The maximum Gasteiger partial charge on any atom is 0.573 e. The molecular weight excluding hydrogens is 499 g/mol.